The molecule has 4 nitrogen and oxygen atoms in total. The number of hydrogen-bond donors (Lipinski definition) is 0. The molecule has 0 aliphatic rings. The van der Waals surface area contributed by atoms with E-state index in [1.165, 1.54) is 6.07 Å². The van der Waals surface area contributed by atoms with Crippen molar-refractivity contribution in [1.29, 1.82) is 0 Å². The topological polar surface area (TPSA) is 48.7 Å². The summed E-state index contributed by atoms with van der Waals surface area (Å²) in [5.74, 6) is 1.26. The Kier molecular flexibility index (Phi) is 2.79. The summed E-state index contributed by atoms with van der Waals surface area (Å²) < 4.78 is 15.8. The highest BCUT2D eigenvalue weighted by molar-refractivity contribution is 5.88. The maximum absolute atomic E-state index is 11.4. The lowest BCUT2D eigenvalue weighted by Gasteiger charge is -2.12. The molecule has 1 heterocycles. The molecule has 0 saturated heterocycles. The van der Waals surface area contributed by atoms with Gasteiger partial charge in [-0.05, 0) is 25.5 Å². The van der Waals surface area contributed by atoms with Crippen LogP contribution in [0.3, 0.4) is 0 Å². The molecule has 0 amide bonds. The van der Waals surface area contributed by atoms with Gasteiger partial charge in [0.1, 0.15) is 5.75 Å². The van der Waals surface area contributed by atoms with Crippen LogP contribution in [-0.4, -0.2) is 14.2 Å². The SMILES string of the molecule is COc1cc2c(C)cc(=O)oc2c(OC)c1C. The van der Waals surface area contributed by atoms with Crippen LogP contribution in [0.25, 0.3) is 11.0 Å². The summed E-state index contributed by atoms with van der Waals surface area (Å²) in [4.78, 5) is 11.4. The van der Waals surface area contributed by atoms with Gasteiger partial charge in [-0.1, -0.05) is 0 Å². The van der Waals surface area contributed by atoms with Crippen molar-refractivity contribution in [1.82, 2.24) is 0 Å². The minimum Gasteiger partial charge on any atom is -0.496 e. The average molecular weight is 234 g/mol. The maximum atomic E-state index is 11.4. The van der Waals surface area contributed by atoms with Crippen molar-refractivity contribution in [2.24, 2.45) is 0 Å². The molecule has 0 fully saturated rings. The van der Waals surface area contributed by atoms with Gasteiger partial charge in [-0.2, -0.15) is 0 Å². The first-order valence-corrected chi connectivity index (χ1v) is 5.24. The molecule has 90 valence electrons. The van der Waals surface area contributed by atoms with Crippen molar-refractivity contribution in [2.75, 3.05) is 14.2 Å². The van der Waals surface area contributed by atoms with Crippen LogP contribution in [0.1, 0.15) is 11.1 Å². The molecule has 4 heteroatoms. The molecule has 0 aliphatic carbocycles. The summed E-state index contributed by atoms with van der Waals surface area (Å²) in [6.07, 6.45) is 0. The van der Waals surface area contributed by atoms with Gasteiger partial charge in [0, 0.05) is 17.0 Å². The van der Waals surface area contributed by atoms with Gasteiger partial charge in [0.15, 0.2) is 11.3 Å². The molecule has 0 unspecified atom stereocenters. The molecule has 0 atom stereocenters. The molecule has 0 spiro atoms. The summed E-state index contributed by atoms with van der Waals surface area (Å²) in [6.45, 7) is 3.72. The fraction of sp³-hybridized carbons (Fsp3) is 0.308. The molecule has 0 aliphatic heterocycles. The second-order valence-electron chi connectivity index (χ2n) is 3.86. The van der Waals surface area contributed by atoms with E-state index in [-0.39, 0.29) is 5.63 Å². The molecular formula is C13H14O4. The Bertz CT molecular complexity index is 625. The van der Waals surface area contributed by atoms with E-state index >= 15 is 0 Å². The van der Waals surface area contributed by atoms with E-state index in [4.69, 9.17) is 13.9 Å². The van der Waals surface area contributed by atoms with Gasteiger partial charge in [-0.25, -0.2) is 4.79 Å². The van der Waals surface area contributed by atoms with Crippen LogP contribution in [0, 0.1) is 13.8 Å². The van der Waals surface area contributed by atoms with Gasteiger partial charge < -0.3 is 13.9 Å². The van der Waals surface area contributed by atoms with Gasteiger partial charge in [-0.3, -0.25) is 0 Å². The summed E-state index contributed by atoms with van der Waals surface area (Å²) in [6, 6.07) is 3.31. The summed E-state index contributed by atoms with van der Waals surface area (Å²) >= 11 is 0. The van der Waals surface area contributed by atoms with Crippen molar-refractivity contribution in [3.63, 3.8) is 0 Å². The number of aryl methyl sites for hydroxylation is 1. The highest BCUT2D eigenvalue weighted by Gasteiger charge is 2.15. The predicted octanol–water partition coefficient (Wildman–Crippen LogP) is 2.43. The Morgan fingerprint density at radius 2 is 1.82 bits per heavy atom. The standard InChI is InChI=1S/C13H14O4/c1-7-5-11(14)17-13-9(7)6-10(15-3)8(2)12(13)16-4/h5-6H,1-4H3. The van der Waals surface area contributed by atoms with Gasteiger partial charge in [0.25, 0.3) is 0 Å². The lowest BCUT2D eigenvalue weighted by atomic mass is 10.1. The van der Waals surface area contributed by atoms with Crippen molar-refractivity contribution < 1.29 is 13.9 Å². The Hall–Kier alpha value is -1.97. The molecule has 0 bridgehead atoms. The van der Waals surface area contributed by atoms with Crippen molar-refractivity contribution in [2.45, 2.75) is 13.8 Å². The molecular weight excluding hydrogens is 220 g/mol. The van der Waals surface area contributed by atoms with Gasteiger partial charge in [0.05, 0.1) is 14.2 Å². The zero-order chi connectivity index (χ0) is 12.6. The van der Waals surface area contributed by atoms with Gasteiger partial charge >= 0.3 is 5.63 Å². The van der Waals surface area contributed by atoms with E-state index in [0.29, 0.717) is 17.1 Å². The predicted molar refractivity (Wildman–Crippen MR) is 65.1 cm³/mol. The van der Waals surface area contributed by atoms with Crippen LogP contribution in [0.2, 0.25) is 0 Å². The fourth-order valence-electron chi connectivity index (χ4n) is 1.95. The number of rotatable bonds is 2. The molecule has 0 saturated carbocycles. The molecule has 1 aromatic carbocycles. The van der Waals surface area contributed by atoms with Crippen molar-refractivity contribution in [3.8, 4) is 11.5 Å². The van der Waals surface area contributed by atoms with Crippen LogP contribution in [-0.2, 0) is 0 Å². The van der Waals surface area contributed by atoms with Crippen LogP contribution < -0.4 is 15.1 Å². The Balaban J connectivity index is 2.98. The normalized spacial score (nSPS) is 10.6. The van der Waals surface area contributed by atoms with Crippen LogP contribution in [0.15, 0.2) is 21.3 Å². The van der Waals surface area contributed by atoms with E-state index in [1.807, 2.05) is 19.9 Å². The number of fused-ring (bicyclic) bond motifs is 1. The summed E-state index contributed by atoms with van der Waals surface area (Å²) in [5.41, 5.74) is 1.75. The van der Waals surface area contributed by atoms with Gasteiger partial charge in [-0.15, -0.1) is 0 Å². The number of methoxy groups -OCH3 is 2. The maximum Gasteiger partial charge on any atom is 0.336 e. The summed E-state index contributed by atoms with van der Waals surface area (Å²) in [5, 5.41) is 0.823. The number of benzene rings is 1. The van der Waals surface area contributed by atoms with Crippen molar-refractivity contribution >= 4 is 11.0 Å². The molecule has 0 radical (unpaired) electrons. The van der Waals surface area contributed by atoms with Crippen LogP contribution in [0.5, 0.6) is 11.5 Å². The van der Waals surface area contributed by atoms with Crippen molar-refractivity contribution in [3.05, 3.63) is 33.7 Å². The van der Waals surface area contributed by atoms with E-state index in [0.717, 1.165) is 16.5 Å². The highest BCUT2D eigenvalue weighted by Crippen LogP contribution is 2.36. The first-order chi connectivity index (χ1) is 8.08. The zero-order valence-electron chi connectivity index (χ0n) is 10.3. The minimum atomic E-state index is -0.377. The first-order valence-electron chi connectivity index (χ1n) is 5.24. The third kappa shape index (κ3) is 1.75. The number of ether oxygens (including phenoxy) is 2. The molecule has 1 aromatic heterocycles. The summed E-state index contributed by atoms with van der Waals surface area (Å²) in [7, 11) is 3.14. The van der Waals surface area contributed by atoms with E-state index in [9.17, 15) is 4.79 Å². The Labute approximate surface area is 98.8 Å². The molecule has 2 aromatic rings. The van der Waals surface area contributed by atoms with E-state index < -0.39 is 0 Å². The monoisotopic (exact) mass is 234 g/mol. The third-order valence-corrected chi connectivity index (χ3v) is 2.82. The zero-order valence-corrected chi connectivity index (χ0v) is 10.3. The lowest BCUT2D eigenvalue weighted by molar-refractivity contribution is 0.385. The van der Waals surface area contributed by atoms with Crippen LogP contribution >= 0.6 is 0 Å². The smallest absolute Gasteiger partial charge is 0.336 e. The van der Waals surface area contributed by atoms with E-state index in [2.05, 4.69) is 0 Å². The van der Waals surface area contributed by atoms with Gasteiger partial charge in [0.2, 0.25) is 0 Å². The Morgan fingerprint density at radius 3 is 2.41 bits per heavy atom. The fourth-order valence-corrected chi connectivity index (χ4v) is 1.95. The van der Waals surface area contributed by atoms with E-state index in [1.54, 1.807) is 14.2 Å². The highest BCUT2D eigenvalue weighted by atomic mass is 16.5. The molecule has 17 heavy (non-hydrogen) atoms. The van der Waals surface area contributed by atoms with Crippen LogP contribution in [0.4, 0.5) is 0 Å². The second-order valence-corrected chi connectivity index (χ2v) is 3.86. The molecule has 2 rings (SSSR count). The molecule has 0 N–H and O–H groups in total. The average Bonchev–Trinajstić information content (AvgIpc) is 2.28. The third-order valence-electron chi connectivity index (χ3n) is 2.82. The number of hydrogen-bond acceptors (Lipinski definition) is 4. The minimum absolute atomic E-state index is 0.377. The largest absolute Gasteiger partial charge is 0.496 e. The lowest BCUT2D eigenvalue weighted by Crippen LogP contribution is -2.01. The Morgan fingerprint density at radius 1 is 1.12 bits per heavy atom. The second kappa shape index (κ2) is 4.13. The quantitative estimate of drug-likeness (QED) is 0.749. The first kappa shape index (κ1) is 11.5.